The number of sulfonamides is 1. The van der Waals surface area contributed by atoms with Crippen LogP contribution in [0.3, 0.4) is 0 Å². The topological polar surface area (TPSA) is 96.6 Å². The molecule has 8 nitrogen and oxygen atoms in total. The molecule has 5 rings (SSSR count). The van der Waals surface area contributed by atoms with Crippen LogP contribution in [-0.4, -0.2) is 48.5 Å². The summed E-state index contributed by atoms with van der Waals surface area (Å²) >= 11 is 1.11. The first-order chi connectivity index (χ1) is 14.4. The van der Waals surface area contributed by atoms with Crippen LogP contribution in [0.2, 0.25) is 0 Å². The molecule has 2 aliphatic heterocycles. The van der Waals surface area contributed by atoms with E-state index in [4.69, 9.17) is 4.52 Å². The molecule has 30 heavy (non-hydrogen) atoms. The maximum Gasteiger partial charge on any atom is 0.316 e. The highest BCUT2D eigenvalue weighted by Crippen LogP contribution is 2.38. The van der Waals surface area contributed by atoms with Crippen molar-refractivity contribution in [1.82, 2.24) is 15.0 Å². The summed E-state index contributed by atoms with van der Waals surface area (Å²) in [5, 5.41) is 5.56. The molecule has 0 bridgehead atoms. The third kappa shape index (κ3) is 3.10. The number of hydrogen-bond donors (Lipinski definition) is 0. The Kier molecular flexibility index (Phi) is 4.62. The average Bonchev–Trinajstić information content (AvgIpc) is 3.53. The van der Waals surface area contributed by atoms with Gasteiger partial charge in [-0.15, -0.1) is 11.3 Å². The zero-order valence-corrected chi connectivity index (χ0v) is 17.9. The van der Waals surface area contributed by atoms with Crippen molar-refractivity contribution in [2.75, 3.05) is 17.4 Å². The minimum Gasteiger partial charge on any atom is -0.334 e. The number of hydrogen-bond acceptors (Lipinski definition) is 7. The third-order valence-electron chi connectivity index (χ3n) is 5.49. The van der Waals surface area contributed by atoms with Crippen molar-refractivity contribution in [1.29, 1.82) is 0 Å². The zero-order chi connectivity index (χ0) is 20.9. The van der Waals surface area contributed by atoms with Gasteiger partial charge in [0.2, 0.25) is 5.82 Å². The first kappa shape index (κ1) is 19.3. The number of rotatable bonds is 4. The molecule has 10 heteroatoms. The number of fused-ring (bicyclic) bond motifs is 1. The van der Waals surface area contributed by atoms with E-state index in [2.05, 4.69) is 10.1 Å². The van der Waals surface area contributed by atoms with Gasteiger partial charge in [0.25, 0.3) is 10.0 Å². The summed E-state index contributed by atoms with van der Waals surface area (Å²) in [4.78, 5) is 18.3. The number of likely N-dealkylation sites (tertiary alicyclic amines) is 1. The number of amides is 1. The maximum atomic E-state index is 13.4. The Balaban J connectivity index is 1.43. The monoisotopic (exact) mass is 444 g/mol. The van der Waals surface area contributed by atoms with Gasteiger partial charge in [-0.25, -0.2) is 8.42 Å². The average molecular weight is 445 g/mol. The number of para-hydroxylation sites is 1. The quantitative estimate of drug-likeness (QED) is 0.613. The van der Waals surface area contributed by atoms with Crippen molar-refractivity contribution in [2.24, 2.45) is 0 Å². The molecule has 156 valence electrons. The molecule has 1 saturated heterocycles. The lowest BCUT2D eigenvalue weighted by atomic mass is 10.1. The molecule has 0 radical (unpaired) electrons. The van der Waals surface area contributed by atoms with Gasteiger partial charge >= 0.3 is 11.8 Å². The number of anilines is 1. The maximum absolute atomic E-state index is 13.4. The molecule has 2 aromatic heterocycles. The first-order valence-electron chi connectivity index (χ1n) is 9.79. The van der Waals surface area contributed by atoms with Gasteiger partial charge < -0.3 is 9.42 Å². The highest BCUT2D eigenvalue weighted by atomic mass is 32.2. The Labute approximate surface area is 178 Å². The summed E-state index contributed by atoms with van der Waals surface area (Å²) in [6.45, 7) is 3.28. The van der Waals surface area contributed by atoms with E-state index in [-0.39, 0.29) is 27.9 Å². The Bertz CT molecular complexity index is 1210. The van der Waals surface area contributed by atoms with Gasteiger partial charge in [-0.3, -0.25) is 9.10 Å². The summed E-state index contributed by atoms with van der Waals surface area (Å²) in [5.74, 6) is -0.133. The van der Waals surface area contributed by atoms with Crippen molar-refractivity contribution in [3.05, 3.63) is 47.2 Å². The Morgan fingerprint density at radius 1 is 1.23 bits per heavy atom. The number of nitrogens with zero attached hydrogens (tertiary/aromatic N) is 4. The third-order valence-corrected chi connectivity index (χ3v) is 8.84. The Morgan fingerprint density at radius 3 is 2.80 bits per heavy atom. The normalized spacial score (nSPS) is 18.8. The SMILES string of the molecule is C[C@@H]1Cc2ccccc2N1S(=O)(=O)c1cc(-c2noc(C(=O)N3CCCC3)n2)cs1. The lowest BCUT2D eigenvalue weighted by molar-refractivity contribution is 0.0743. The van der Waals surface area contributed by atoms with Gasteiger partial charge in [0.15, 0.2) is 0 Å². The fraction of sp³-hybridized carbons (Fsp3) is 0.350. The van der Waals surface area contributed by atoms with Crippen molar-refractivity contribution in [3.63, 3.8) is 0 Å². The van der Waals surface area contributed by atoms with Crippen LogP contribution >= 0.6 is 11.3 Å². The van der Waals surface area contributed by atoms with Gasteiger partial charge in [-0.05, 0) is 43.9 Å². The lowest BCUT2D eigenvalue weighted by Gasteiger charge is -2.23. The van der Waals surface area contributed by atoms with E-state index in [9.17, 15) is 13.2 Å². The largest absolute Gasteiger partial charge is 0.334 e. The summed E-state index contributed by atoms with van der Waals surface area (Å²) in [6, 6.07) is 8.94. The second-order valence-electron chi connectivity index (χ2n) is 7.56. The van der Waals surface area contributed by atoms with E-state index < -0.39 is 10.0 Å². The van der Waals surface area contributed by atoms with Crippen LogP contribution in [0.1, 0.15) is 36.0 Å². The highest BCUT2D eigenvalue weighted by molar-refractivity contribution is 7.94. The van der Waals surface area contributed by atoms with Gasteiger partial charge in [0.05, 0.1) is 5.69 Å². The van der Waals surface area contributed by atoms with E-state index in [1.807, 2.05) is 31.2 Å². The van der Waals surface area contributed by atoms with Crippen LogP contribution in [0.5, 0.6) is 0 Å². The molecule has 0 aliphatic carbocycles. The van der Waals surface area contributed by atoms with Crippen LogP contribution in [0, 0.1) is 0 Å². The molecule has 3 aromatic rings. The summed E-state index contributed by atoms with van der Waals surface area (Å²) in [5.41, 5.74) is 2.26. The van der Waals surface area contributed by atoms with Crippen LogP contribution in [0.4, 0.5) is 5.69 Å². The predicted molar refractivity (Wildman–Crippen MR) is 112 cm³/mol. The molecular weight excluding hydrogens is 424 g/mol. The number of carbonyl (C=O) groups excluding carboxylic acids is 1. The van der Waals surface area contributed by atoms with E-state index in [1.54, 1.807) is 16.3 Å². The lowest BCUT2D eigenvalue weighted by Crippen LogP contribution is -2.35. The minimum atomic E-state index is -3.72. The predicted octanol–water partition coefficient (Wildman–Crippen LogP) is 3.17. The second-order valence-corrected chi connectivity index (χ2v) is 10.5. The number of aromatic nitrogens is 2. The zero-order valence-electron chi connectivity index (χ0n) is 16.3. The summed E-state index contributed by atoms with van der Waals surface area (Å²) in [7, 11) is -3.72. The molecule has 1 amide bonds. The Morgan fingerprint density at radius 2 is 2.00 bits per heavy atom. The van der Waals surface area contributed by atoms with Crippen molar-refractivity contribution in [2.45, 2.75) is 36.4 Å². The van der Waals surface area contributed by atoms with Crippen molar-refractivity contribution >= 4 is 33.0 Å². The van der Waals surface area contributed by atoms with E-state index in [0.717, 1.165) is 35.4 Å². The van der Waals surface area contributed by atoms with Crippen molar-refractivity contribution in [3.8, 4) is 11.4 Å². The van der Waals surface area contributed by atoms with Crippen LogP contribution < -0.4 is 4.31 Å². The van der Waals surface area contributed by atoms with E-state index in [0.29, 0.717) is 25.1 Å². The molecule has 0 N–H and O–H groups in total. The Hall–Kier alpha value is -2.72. The van der Waals surface area contributed by atoms with Gasteiger partial charge in [-0.2, -0.15) is 4.98 Å². The molecule has 1 aromatic carbocycles. The summed E-state index contributed by atoms with van der Waals surface area (Å²) < 4.78 is 33.5. The van der Waals surface area contributed by atoms with E-state index in [1.165, 1.54) is 4.31 Å². The van der Waals surface area contributed by atoms with Crippen molar-refractivity contribution < 1.29 is 17.7 Å². The number of carbonyl (C=O) groups is 1. The number of benzene rings is 1. The molecule has 0 unspecified atom stereocenters. The molecule has 0 spiro atoms. The fourth-order valence-electron chi connectivity index (χ4n) is 4.05. The molecule has 2 aliphatic rings. The second kappa shape index (κ2) is 7.21. The molecule has 1 atom stereocenters. The van der Waals surface area contributed by atoms with Gasteiger partial charge in [0, 0.05) is 30.1 Å². The molecule has 1 fully saturated rings. The van der Waals surface area contributed by atoms with Gasteiger partial charge in [-0.1, -0.05) is 23.4 Å². The van der Waals surface area contributed by atoms with E-state index >= 15 is 0 Å². The van der Waals surface area contributed by atoms with Crippen LogP contribution in [0.15, 0.2) is 44.4 Å². The molecule has 4 heterocycles. The summed E-state index contributed by atoms with van der Waals surface area (Å²) in [6.07, 6.45) is 2.62. The number of thiophene rings is 1. The van der Waals surface area contributed by atoms with Crippen LogP contribution in [-0.2, 0) is 16.4 Å². The smallest absolute Gasteiger partial charge is 0.316 e. The van der Waals surface area contributed by atoms with Crippen LogP contribution in [0.25, 0.3) is 11.4 Å². The molecular formula is C20H20N4O4S2. The molecule has 0 saturated carbocycles. The first-order valence-corrected chi connectivity index (χ1v) is 12.1. The highest BCUT2D eigenvalue weighted by Gasteiger charge is 2.37. The van der Waals surface area contributed by atoms with Gasteiger partial charge in [0.1, 0.15) is 4.21 Å². The fourth-order valence-corrected chi connectivity index (χ4v) is 6.99. The standard InChI is InChI=1S/C20H20N4O4S2/c1-13-10-14-6-2-3-7-16(14)24(13)30(26,27)17-11-15(12-29-17)18-21-19(28-22-18)20(25)23-8-4-5-9-23/h2-3,6-7,11-13H,4-5,8-10H2,1H3/t13-/m1/s1. The minimum absolute atomic E-state index is 0.0652.